The summed E-state index contributed by atoms with van der Waals surface area (Å²) in [5.74, 6) is 1.35. The molecule has 0 amide bonds. The topological polar surface area (TPSA) is 43.6 Å². The maximum absolute atomic E-state index is 12.7. The second kappa shape index (κ2) is 6.75. The van der Waals surface area contributed by atoms with Crippen molar-refractivity contribution in [2.45, 2.75) is 36.0 Å². The van der Waals surface area contributed by atoms with Gasteiger partial charge in [-0.15, -0.1) is 10.2 Å². The minimum atomic E-state index is -4.31. The molecule has 0 aliphatic heterocycles. The normalized spacial score (nSPS) is 14.6. The molecule has 1 aliphatic carbocycles. The largest absolute Gasteiger partial charge is 0.416 e. The van der Waals surface area contributed by atoms with Crippen LogP contribution in [-0.4, -0.2) is 19.7 Å². The smallest absolute Gasteiger partial charge is 0.299 e. The Morgan fingerprint density at radius 1 is 1.00 bits per heavy atom. The fourth-order valence-electron chi connectivity index (χ4n) is 2.67. The van der Waals surface area contributed by atoms with E-state index in [4.69, 9.17) is 0 Å². The third-order valence-electron chi connectivity index (χ3n) is 4.16. The second-order valence-corrected chi connectivity index (χ2v) is 7.07. The van der Waals surface area contributed by atoms with Crippen molar-refractivity contribution in [3.05, 3.63) is 59.9 Å². The molecule has 0 saturated heterocycles. The van der Waals surface area contributed by atoms with Crippen LogP contribution in [0.25, 0.3) is 11.4 Å². The van der Waals surface area contributed by atoms with Gasteiger partial charge >= 0.3 is 6.18 Å². The zero-order chi connectivity index (χ0) is 18.1. The highest BCUT2D eigenvalue weighted by Crippen LogP contribution is 2.41. The van der Waals surface area contributed by atoms with E-state index in [0.717, 1.165) is 47.1 Å². The van der Waals surface area contributed by atoms with Crippen molar-refractivity contribution in [2.75, 3.05) is 0 Å². The van der Waals surface area contributed by atoms with E-state index in [1.54, 1.807) is 12.4 Å². The van der Waals surface area contributed by atoms with E-state index < -0.39 is 11.7 Å². The first-order valence-corrected chi connectivity index (χ1v) is 9.15. The van der Waals surface area contributed by atoms with Gasteiger partial charge in [-0.25, -0.2) is 0 Å². The Labute approximate surface area is 152 Å². The molecule has 4 rings (SSSR count). The molecule has 3 aromatic rings. The minimum Gasteiger partial charge on any atom is -0.299 e. The van der Waals surface area contributed by atoms with Gasteiger partial charge in [-0.2, -0.15) is 13.2 Å². The Morgan fingerprint density at radius 2 is 1.69 bits per heavy atom. The Bertz CT molecular complexity index is 887. The maximum Gasteiger partial charge on any atom is 0.416 e. The van der Waals surface area contributed by atoms with Crippen molar-refractivity contribution in [1.82, 2.24) is 19.7 Å². The van der Waals surface area contributed by atoms with Crippen LogP contribution < -0.4 is 0 Å². The lowest BCUT2D eigenvalue weighted by molar-refractivity contribution is -0.137. The molecule has 0 atom stereocenters. The fraction of sp³-hybridized carbons (Fsp3) is 0.278. The van der Waals surface area contributed by atoms with Crippen molar-refractivity contribution < 1.29 is 13.2 Å². The molecule has 1 fully saturated rings. The molecule has 0 bridgehead atoms. The molecular weight excluding hydrogens is 361 g/mol. The van der Waals surface area contributed by atoms with E-state index in [1.807, 2.05) is 12.1 Å². The molecule has 4 nitrogen and oxygen atoms in total. The molecule has 1 aromatic carbocycles. The van der Waals surface area contributed by atoms with E-state index in [9.17, 15) is 13.2 Å². The van der Waals surface area contributed by atoms with Gasteiger partial charge in [0.25, 0.3) is 0 Å². The molecule has 26 heavy (non-hydrogen) atoms. The van der Waals surface area contributed by atoms with Crippen LogP contribution in [0.15, 0.2) is 53.9 Å². The first-order valence-electron chi connectivity index (χ1n) is 8.16. The van der Waals surface area contributed by atoms with Crippen molar-refractivity contribution in [1.29, 1.82) is 0 Å². The highest BCUT2D eigenvalue weighted by Gasteiger charge is 2.31. The van der Waals surface area contributed by atoms with Crippen LogP contribution >= 0.6 is 11.8 Å². The summed E-state index contributed by atoms with van der Waals surface area (Å²) in [6.07, 6.45) is 1.30. The van der Waals surface area contributed by atoms with Gasteiger partial charge in [0.05, 0.1) is 5.56 Å². The number of rotatable bonds is 5. The van der Waals surface area contributed by atoms with Gasteiger partial charge in [0.1, 0.15) is 0 Å². The van der Waals surface area contributed by atoms with Gasteiger partial charge in [0, 0.05) is 29.8 Å². The van der Waals surface area contributed by atoms with Crippen molar-refractivity contribution in [3.63, 3.8) is 0 Å². The second-order valence-electron chi connectivity index (χ2n) is 6.13. The Kier molecular flexibility index (Phi) is 4.44. The van der Waals surface area contributed by atoms with Gasteiger partial charge in [-0.1, -0.05) is 23.9 Å². The van der Waals surface area contributed by atoms with Crippen LogP contribution in [-0.2, 0) is 11.9 Å². The Hall–Kier alpha value is -2.35. The number of benzene rings is 1. The number of hydrogen-bond donors (Lipinski definition) is 0. The van der Waals surface area contributed by atoms with Gasteiger partial charge < -0.3 is 0 Å². The first kappa shape index (κ1) is 17.1. The molecule has 0 N–H and O–H groups in total. The average molecular weight is 376 g/mol. The van der Waals surface area contributed by atoms with Crippen LogP contribution in [0.4, 0.5) is 13.2 Å². The van der Waals surface area contributed by atoms with Gasteiger partial charge in [-0.3, -0.25) is 9.55 Å². The zero-order valence-electron chi connectivity index (χ0n) is 13.6. The van der Waals surface area contributed by atoms with E-state index >= 15 is 0 Å². The average Bonchev–Trinajstić information content (AvgIpc) is 3.39. The third kappa shape index (κ3) is 3.60. The molecule has 2 heterocycles. The van der Waals surface area contributed by atoms with Crippen molar-refractivity contribution in [2.24, 2.45) is 0 Å². The molecule has 1 aliphatic rings. The molecule has 2 aromatic heterocycles. The Morgan fingerprint density at radius 3 is 2.31 bits per heavy atom. The van der Waals surface area contributed by atoms with E-state index in [-0.39, 0.29) is 0 Å². The predicted octanol–water partition coefficient (Wildman–Crippen LogP) is 4.99. The highest BCUT2D eigenvalue weighted by molar-refractivity contribution is 7.98. The van der Waals surface area contributed by atoms with E-state index in [0.29, 0.717) is 11.8 Å². The summed E-state index contributed by atoms with van der Waals surface area (Å²) in [6, 6.07) is 9.44. The zero-order valence-corrected chi connectivity index (χ0v) is 14.5. The molecule has 1 saturated carbocycles. The van der Waals surface area contributed by atoms with Crippen LogP contribution in [0.2, 0.25) is 0 Å². The molecule has 0 unspecified atom stereocenters. The first-order chi connectivity index (χ1) is 12.5. The van der Waals surface area contributed by atoms with Gasteiger partial charge in [-0.05, 0) is 42.7 Å². The minimum absolute atomic E-state index is 0.392. The number of halogens is 3. The van der Waals surface area contributed by atoms with Crippen LogP contribution in [0.1, 0.15) is 30.0 Å². The number of pyridine rings is 1. The summed E-state index contributed by atoms with van der Waals surface area (Å²) < 4.78 is 40.1. The van der Waals surface area contributed by atoms with Crippen molar-refractivity contribution >= 4 is 11.8 Å². The summed E-state index contributed by atoms with van der Waals surface area (Å²) in [7, 11) is 0. The Balaban J connectivity index is 1.53. The number of alkyl halides is 3. The lowest BCUT2D eigenvalue weighted by Gasteiger charge is -2.09. The molecule has 8 heteroatoms. The monoisotopic (exact) mass is 376 g/mol. The van der Waals surface area contributed by atoms with E-state index in [1.165, 1.54) is 23.9 Å². The van der Waals surface area contributed by atoms with Crippen LogP contribution in [0.3, 0.4) is 0 Å². The number of aromatic nitrogens is 4. The predicted molar refractivity (Wildman–Crippen MR) is 92.5 cm³/mol. The number of nitrogens with zero attached hydrogens (tertiary/aromatic N) is 4. The highest BCUT2D eigenvalue weighted by atomic mass is 32.2. The summed E-state index contributed by atoms with van der Waals surface area (Å²) in [6.45, 7) is 0. The number of thioether (sulfide) groups is 1. The van der Waals surface area contributed by atoms with Gasteiger partial charge in [0.2, 0.25) is 0 Å². The molecule has 0 radical (unpaired) electrons. The maximum atomic E-state index is 12.7. The quantitative estimate of drug-likeness (QED) is 0.589. The van der Waals surface area contributed by atoms with Crippen LogP contribution in [0, 0.1) is 0 Å². The summed E-state index contributed by atoms with van der Waals surface area (Å²) in [5, 5.41) is 9.41. The third-order valence-corrected chi connectivity index (χ3v) is 5.18. The standard InChI is InChI=1S/C18H15F3N4S/c19-18(20,21)14-3-1-12(2-4-14)11-26-17-24-23-16(25(17)15-5-6-15)13-7-9-22-10-8-13/h1-4,7-10,15H,5-6,11H2. The van der Waals surface area contributed by atoms with Crippen LogP contribution in [0.5, 0.6) is 0 Å². The summed E-state index contributed by atoms with van der Waals surface area (Å²) in [5.41, 5.74) is 1.15. The van der Waals surface area contributed by atoms with E-state index in [2.05, 4.69) is 19.7 Å². The molecule has 0 spiro atoms. The van der Waals surface area contributed by atoms with Crippen molar-refractivity contribution in [3.8, 4) is 11.4 Å². The lowest BCUT2D eigenvalue weighted by Crippen LogP contribution is -2.04. The SMILES string of the molecule is FC(F)(F)c1ccc(CSc2nnc(-c3ccncc3)n2C2CC2)cc1. The molecular formula is C18H15F3N4S. The number of hydrogen-bond acceptors (Lipinski definition) is 4. The summed E-state index contributed by atoms with van der Waals surface area (Å²) in [4.78, 5) is 4.03. The van der Waals surface area contributed by atoms with Gasteiger partial charge in [0.15, 0.2) is 11.0 Å². The fourth-order valence-corrected chi connectivity index (χ4v) is 3.63. The lowest BCUT2D eigenvalue weighted by atomic mass is 10.1. The summed E-state index contributed by atoms with van der Waals surface area (Å²) >= 11 is 1.49. The molecule has 134 valence electrons.